The fraction of sp³-hybridized carbons (Fsp3) is 0.556. The summed E-state index contributed by atoms with van der Waals surface area (Å²) in [7, 11) is 0. The Morgan fingerprint density at radius 1 is 1.50 bits per heavy atom. The average molecular weight is 199 g/mol. The van der Waals surface area contributed by atoms with Crippen molar-refractivity contribution in [3.8, 4) is 0 Å². The lowest BCUT2D eigenvalue weighted by atomic mass is 10.2. The summed E-state index contributed by atoms with van der Waals surface area (Å²) in [6, 6.07) is 4.86. The van der Waals surface area contributed by atoms with E-state index in [9.17, 15) is 0 Å². The van der Waals surface area contributed by atoms with E-state index in [1.54, 1.807) is 0 Å². The SMILES string of the molecule is Cc1ccc(C2CC(N)CS2)s1. The highest BCUT2D eigenvalue weighted by atomic mass is 32.2. The first-order valence-corrected chi connectivity index (χ1v) is 6.06. The van der Waals surface area contributed by atoms with Crippen LogP contribution in [0, 0.1) is 6.92 Å². The fourth-order valence-electron chi connectivity index (χ4n) is 1.48. The van der Waals surface area contributed by atoms with Crippen LogP contribution >= 0.6 is 23.1 Å². The number of thiophene rings is 1. The molecule has 2 N–H and O–H groups in total. The van der Waals surface area contributed by atoms with E-state index < -0.39 is 0 Å². The molecule has 66 valence electrons. The Morgan fingerprint density at radius 3 is 2.83 bits per heavy atom. The maximum Gasteiger partial charge on any atom is 0.0406 e. The zero-order chi connectivity index (χ0) is 8.55. The molecule has 1 aromatic heterocycles. The predicted octanol–water partition coefficient (Wildman–Crippen LogP) is 2.56. The van der Waals surface area contributed by atoms with Crippen LogP contribution in [0.4, 0.5) is 0 Å². The summed E-state index contributed by atoms with van der Waals surface area (Å²) >= 11 is 3.91. The third-order valence-corrected chi connectivity index (χ3v) is 4.84. The maximum absolute atomic E-state index is 5.85. The molecule has 2 unspecified atom stereocenters. The van der Waals surface area contributed by atoms with Crippen molar-refractivity contribution in [1.82, 2.24) is 0 Å². The topological polar surface area (TPSA) is 26.0 Å². The highest BCUT2D eigenvalue weighted by Crippen LogP contribution is 2.41. The van der Waals surface area contributed by atoms with Crippen molar-refractivity contribution < 1.29 is 0 Å². The third-order valence-electron chi connectivity index (χ3n) is 2.11. The maximum atomic E-state index is 5.85. The molecule has 1 aliphatic heterocycles. The summed E-state index contributed by atoms with van der Waals surface area (Å²) in [5.41, 5.74) is 5.85. The third kappa shape index (κ3) is 1.68. The van der Waals surface area contributed by atoms with Gasteiger partial charge < -0.3 is 5.73 Å². The second-order valence-corrected chi connectivity index (χ2v) is 5.82. The zero-order valence-electron chi connectivity index (χ0n) is 7.12. The van der Waals surface area contributed by atoms with Crippen molar-refractivity contribution in [2.24, 2.45) is 5.73 Å². The molecule has 2 rings (SSSR count). The van der Waals surface area contributed by atoms with Crippen molar-refractivity contribution in [2.75, 3.05) is 5.75 Å². The van der Waals surface area contributed by atoms with E-state index in [0.29, 0.717) is 11.3 Å². The molecule has 0 aromatic carbocycles. The molecule has 0 radical (unpaired) electrons. The van der Waals surface area contributed by atoms with Gasteiger partial charge in [-0.3, -0.25) is 0 Å². The molecule has 1 aromatic rings. The van der Waals surface area contributed by atoms with Crippen LogP contribution in [0.3, 0.4) is 0 Å². The summed E-state index contributed by atoms with van der Waals surface area (Å²) < 4.78 is 0. The van der Waals surface area contributed by atoms with E-state index in [2.05, 4.69) is 19.1 Å². The Hall–Kier alpha value is 0.01000. The van der Waals surface area contributed by atoms with Gasteiger partial charge in [0.15, 0.2) is 0 Å². The average Bonchev–Trinajstić information content (AvgIpc) is 2.58. The van der Waals surface area contributed by atoms with Crippen molar-refractivity contribution in [2.45, 2.75) is 24.6 Å². The Balaban J connectivity index is 2.11. The first-order valence-electron chi connectivity index (χ1n) is 4.19. The number of hydrogen-bond donors (Lipinski definition) is 1. The largest absolute Gasteiger partial charge is 0.327 e. The van der Waals surface area contributed by atoms with Gasteiger partial charge >= 0.3 is 0 Å². The van der Waals surface area contributed by atoms with Gasteiger partial charge in [-0.05, 0) is 25.5 Å². The van der Waals surface area contributed by atoms with E-state index in [4.69, 9.17) is 5.73 Å². The molecule has 1 fully saturated rings. The van der Waals surface area contributed by atoms with Crippen molar-refractivity contribution >= 4 is 23.1 Å². The number of aryl methyl sites for hydroxylation is 1. The highest BCUT2D eigenvalue weighted by Gasteiger charge is 2.24. The van der Waals surface area contributed by atoms with E-state index in [0.717, 1.165) is 12.2 Å². The van der Waals surface area contributed by atoms with Crippen LogP contribution in [0.1, 0.15) is 21.4 Å². The summed E-state index contributed by atoms with van der Waals surface area (Å²) in [5.74, 6) is 1.13. The summed E-state index contributed by atoms with van der Waals surface area (Å²) in [6.45, 7) is 2.16. The lowest BCUT2D eigenvalue weighted by molar-refractivity contribution is 0.704. The Labute approximate surface area is 81.4 Å². The van der Waals surface area contributed by atoms with Crippen molar-refractivity contribution in [1.29, 1.82) is 0 Å². The molecule has 3 heteroatoms. The molecule has 0 amide bonds. The molecule has 2 heterocycles. The minimum Gasteiger partial charge on any atom is -0.327 e. The molecular formula is C9H13NS2. The van der Waals surface area contributed by atoms with Gasteiger partial charge in [0.25, 0.3) is 0 Å². The van der Waals surface area contributed by atoms with Crippen LogP contribution in [0.2, 0.25) is 0 Å². The molecule has 2 atom stereocenters. The van der Waals surface area contributed by atoms with Gasteiger partial charge in [-0.1, -0.05) is 0 Å². The quantitative estimate of drug-likeness (QED) is 0.752. The van der Waals surface area contributed by atoms with E-state index in [1.165, 1.54) is 9.75 Å². The number of hydrogen-bond acceptors (Lipinski definition) is 3. The van der Waals surface area contributed by atoms with Crippen LogP contribution in [0.15, 0.2) is 12.1 Å². The van der Waals surface area contributed by atoms with Crippen LogP contribution in [-0.2, 0) is 0 Å². The Kier molecular flexibility index (Phi) is 2.44. The summed E-state index contributed by atoms with van der Waals surface area (Å²) in [6.07, 6.45) is 1.16. The van der Waals surface area contributed by atoms with Gasteiger partial charge in [-0.2, -0.15) is 11.8 Å². The molecule has 1 nitrogen and oxygen atoms in total. The predicted molar refractivity (Wildman–Crippen MR) is 56.8 cm³/mol. The smallest absolute Gasteiger partial charge is 0.0406 e. The van der Waals surface area contributed by atoms with Crippen molar-refractivity contribution in [3.63, 3.8) is 0 Å². The second kappa shape index (κ2) is 3.40. The van der Waals surface area contributed by atoms with Crippen LogP contribution < -0.4 is 5.73 Å². The van der Waals surface area contributed by atoms with Crippen LogP contribution in [0.25, 0.3) is 0 Å². The normalized spacial score (nSPS) is 29.5. The molecule has 0 aliphatic carbocycles. The van der Waals surface area contributed by atoms with Crippen LogP contribution in [-0.4, -0.2) is 11.8 Å². The van der Waals surface area contributed by atoms with E-state index >= 15 is 0 Å². The van der Waals surface area contributed by atoms with Crippen LogP contribution in [0.5, 0.6) is 0 Å². The molecule has 0 saturated carbocycles. The van der Waals surface area contributed by atoms with Gasteiger partial charge in [0.1, 0.15) is 0 Å². The number of thioether (sulfide) groups is 1. The van der Waals surface area contributed by atoms with Gasteiger partial charge in [0.05, 0.1) is 0 Å². The molecule has 0 bridgehead atoms. The molecule has 0 spiro atoms. The monoisotopic (exact) mass is 199 g/mol. The second-order valence-electron chi connectivity index (χ2n) is 3.27. The van der Waals surface area contributed by atoms with E-state index in [-0.39, 0.29) is 0 Å². The number of rotatable bonds is 1. The van der Waals surface area contributed by atoms with Gasteiger partial charge in [0.2, 0.25) is 0 Å². The first-order chi connectivity index (χ1) is 5.75. The summed E-state index contributed by atoms with van der Waals surface area (Å²) in [5, 5.41) is 0.679. The molecule has 1 saturated heterocycles. The lowest BCUT2D eigenvalue weighted by Gasteiger charge is -2.04. The minimum absolute atomic E-state index is 0.419. The minimum atomic E-state index is 0.419. The first kappa shape index (κ1) is 8.60. The fourth-order valence-corrected chi connectivity index (χ4v) is 3.94. The van der Waals surface area contributed by atoms with Gasteiger partial charge in [-0.15, -0.1) is 11.3 Å². The molecule has 12 heavy (non-hydrogen) atoms. The van der Waals surface area contributed by atoms with Crippen molar-refractivity contribution in [3.05, 3.63) is 21.9 Å². The Bertz CT molecular complexity index is 269. The standard InChI is InChI=1S/C9H13NS2/c1-6-2-3-8(12-6)9-4-7(10)5-11-9/h2-3,7,9H,4-5,10H2,1H3. The van der Waals surface area contributed by atoms with Gasteiger partial charge in [0, 0.05) is 26.8 Å². The zero-order valence-corrected chi connectivity index (χ0v) is 8.75. The van der Waals surface area contributed by atoms with Gasteiger partial charge in [-0.25, -0.2) is 0 Å². The lowest BCUT2D eigenvalue weighted by Crippen LogP contribution is -2.17. The molecule has 1 aliphatic rings. The van der Waals surface area contributed by atoms with E-state index in [1.807, 2.05) is 23.1 Å². The molecular weight excluding hydrogens is 186 g/mol. The highest BCUT2D eigenvalue weighted by molar-refractivity contribution is 7.99. The Morgan fingerprint density at radius 2 is 2.33 bits per heavy atom. The summed E-state index contributed by atoms with van der Waals surface area (Å²) in [4.78, 5) is 2.91. The number of nitrogens with two attached hydrogens (primary N) is 1.